The van der Waals surface area contributed by atoms with Crippen molar-refractivity contribution >= 4 is 17.8 Å². The monoisotopic (exact) mass is 529 g/mol. The summed E-state index contributed by atoms with van der Waals surface area (Å²) in [5, 5.41) is 3.24. The van der Waals surface area contributed by atoms with Gasteiger partial charge in [0.1, 0.15) is 17.3 Å². The van der Waals surface area contributed by atoms with Crippen molar-refractivity contribution in [2.24, 2.45) is 29.1 Å². The van der Waals surface area contributed by atoms with E-state index in [0.29, 0.717) is 18.2 Å². The van der Waals surface area contributed by atoms with Crippen molar-refractivity contribution in [1.82, 2.24) is 10.3 Å². The number of nitrogen functional groups attached to an aromatic ring is 1. The fourth-order valence-electron chi connectivity index (χ4n) is 8.12. The average molecular weight is 530 g/mol. The lowest BCUT2D eigenvalue weighted by atomic mass is 9.44. The molecule has 7 nitrogen and oxygen atoms in total. The zero-order chi connectivity index (χ0) is 27.3. The maximum atomic E-state index is 13.8. The van der Waals surface area contributed by atoms with E-state index < -0.39 is 5.41 Å². The molecule has 1 aromatic rings. The number of nitrogens with two attached hydrogens (primary N) is 1. The van der Waals surface area contributed by atoms with Gasteiger partial charge in [-0.25, -0.2) is 14.6 Å². The molecule has 2 bridgehead atoms. The van der Waals surface area contributed by atoms with Crippen molar-refractivity contribution in [3.05, 3.63) is 69.9 Å². The average Bonchev–Trinajstić information content (AvgIpc) is 3.40. The number of ether oxygens (including phenoxy) is 2. The van der Waals surface area contributed by atoms with Crippen LogP contribution in [0.2, 0.25) is 0 Å². The van der Waals surface area contributed by atoms with Crippen molar-refractivity contribution in [2.45, 2.75) is 65.2 Å². The molecule has 39 heavy (non-hydrogen) atoms. The highest BCUT2D eigenvalue weighted by Gasteiger charge is 2.68. The zero-order valence-corrected chi connectivity index (χ0v) is 23.2. The zero-order valence-electron chi connectivity index (χ0n) is 23.2. The van der Waals surface area contributed by atoms with E-state index in [2.05, 4.69) is 36.3 Å². The number of carbonyl (C=O) groups excluding carboxylic acids is 2. The van der Waals surface area contributed by atoms with E-state index in [-0.39, 0.29) is 29.7 Å². The molecule has 0 aromatic carbocycles. The maximum Gasteiger partial charge on any atom is 0.340 e. The number of hydrogen-bond acceptors (Lipinski definition) is 7. The van der Waals surface area contributed by atoms with Gasteiger partial charge >= 0.3 is 11.9 Å². The molecule has 6 aliphatic rings. The molecular weight excluding hydrogens is 490 g/mol. The molecule has 4 aliphatic carbocycles. The Morgan fingerprint density at radius 3 is 2.85 bits per heavy atom. The van der Waals surface area contributed by atoms with Gasteiger partial charge in [-0.3, -0.25) is 0 Å². The summed E-state index contributed by atoms with van der Waals surface area (Å²) >= 11 is 0. The quantitative estimate of drug-likeness (QED) is 0.448. The molecule has 5 atom stereocenters. The van der Waals surface area contributed by atoms with Gasteiger partial charge in [0, 0.05) is 23.3 Å². The first kappa shape index (κ1) is 26.1. The van der Waals surface area contributed by atoms with Crippen LogP contribution in [0.15, 0.2) is 64.3 Å². The molecule has 0 radical (unpaired) electrons. The van der Waals surface area contributed by atoms with Crippen LogP contribution >= 0.6 is 0 Å². The first-order valence-electron chi connectivity index (χ1n) is 14.6. The second-order valence-electron chi connectivity index (χ2n) is 12.0. The molecule has 0 unspecified atom stereocenters. The second kappa shape index (κ2) is 10.1. The van der Waals surface area contributed by atoms with Crippen molar-refractivity contribution in [2.75, 3.05) is 19.3 Å². The molecule has 2 fully saturated rings. The van der Waals surface area contributed by atoms with Gasteiger partial charge in [-0.05, 0) is 106 Å². The number of hydrogen-bond donors (Lipinski definition) is 2. The van der Waals surface area contributed by atoms with Gasteiger partial charge in [0.2, 0.25) is 0 Å². The predicted octanol–water partition coefficient (Wildman–Crippen LogP) is 5.16. The number of nitrogens with one attached hydrogen (secondary N) is 1. The molecule has 7 rings (SSSR count). The Balaban J connectivity index is 1.52. The third-order valence-corrected chi connectivity index (χ3v) is 9.59. The summed E-state index contributed by atoms with van der Waals surface area (Å²) < 4.78 is 12.1. The van der Waals surface area contributed by atoms with E-state index in [1.807, 2.05) is 19.2 Å². The molecule has 1 saturated heterocycles. The van der Waals surface area contributed by atoms with Crippen LogP contribution in [0.4, 0.5) is 5.82 Å². The summed E-state index contributed by atoms with van der Waals surface area (Å²) in [6.07, 6.45) is 12.9. The number of pyridine rings is 1. The van der Waals surface area contributed by atoms with Crippen molar-refractivity contribution in [3.8, 4) is 0 Å². The Hall–Kier alpha value is -3.19. The summed E-state index contributed by atoms with van der Waals surface area (Å²) in [5.41, 5.74) is 10.3. The number of cyclic esters (lactones) is 2. The minimum Gasteiger partial charge on any atom is -0.427 e. The van der Waals surface area contributed by atoms with Gasteiger partial charge in [-0.1, -0.05) is 25.8 Å². The molecule has 206 valence electrons. The lowest BCUT2D eigenvalue weighted by Crippen LogP contribution is -2.52. The minimum atomic E-state index is -0.621. The van der Waals surface area contributed by atoms with Crippen molar-refractivity contribution < 1.29 is 19.1 Å². The number of rotatable bonds is 8. The van der Waals surface area contributed by atoms with Gasteiger partial charge in [-0.2, -0.15) is 0 Å². The van der Waals surface area contributed by atoms with Crippen LogP contribution in [-0.2, 0) is 25.5 Å². The normalized spacial score (nSPS) is 31.9. The Morgan fingerprint density at radius 2 is 2.08 bits per heavy atom. The van der Waals surface area contributed by atoms with E-state index in [4.69, 9.17) is 15.2 Å². The van der Waals surface area contributed by atoms with Crippen LogP contribution in [0.25, 0.3) is 0 Å². The van der Waals surface area contributed by atoms with Crippen LogP contribution in [0.1, 0.15) is 64.4 Å². The highest BCUT2D eigenvalue weighted by molar-refractivity contribution is 6.00. The topological polar surface area (TPSA) is 104 Å². The molecule has 1 saturated carbocycles. The van der Waals surface area contributed by atoms with Crippen LogP contribution in [-0.4, -0.2) is 30.5 Å². The first-order valence-corrected chi connectivity index (χ1v) is 14.6. The van der Waals surface area contributed by atoms with Crippen molar-refractivity contribution in [3.63, 3.8) is 0 Å². The fourth-order valence-corrected chi connectivity index (χ4v) is 8.12. The number of nitrogens with zero attached hydrogens (tertiary/aromatic N) is 1. The third kappa shape index (κ3) is 4.08. The fraction of sp³-hybridized carbons (Fsp3) is 0.531. The molecule has 1 aromatic heterocycles. The number of anilines is 1. The van der Waals surface area contributed by atoms with Gasteiger partial charge in [-0.15, -0.1) is 0 Å². The highest BCUT2D eigenvalue weighted by atomic mass is 16.5. The number of aromatic nitrogens is 1. The van der Waals surface area contributed by atoms with E-state index in [1.54, 1.807) is 6.20 Å². The number of esters is 2. The number of unbranched alkanes of at least 4 members (excludes halogenated alkanes) is 1. The summed E-state index contributed by atoms with van der Waals surface area (Å²) in [7, 11) is 1.95. The molecule has 3 heterocycles. The number of allylic oxidation sites excluding steroid dienone is 5. The molecule has 7 heteroatoms. The summed E-state index contributed by atoms with van der Waals surface area (Å²) in [6.45, 7) is 5.20. The summed E-state index contributed by atoms with van der Waals surface area (Å²) in [4.78, 5) is 31.5. The van der Waals surface area contributed by atoms with Crippen LogP contribution < -0.4 is 11.1 Å². The lowest BCUT2D eigenvalue weighted by Gasteiger charge is -2.56. The molecular formula is C32H39N3O4. The van der Waals surface area contributed by atoms with Crippen LogP contribution in [0, 0.1) is 29.1 Å². The summed E-state index contributed by atoms with van der Waals surface area (Å²) in [6, 6.07) is 3.88. The van der Waals surface area contributed by atoms with E-state index in [1.165, 1.54) is 5.57 Å². The highest BCUT2D eigenvalue weighted by Crippen LogP contribution is 2.70. The Morgan fingerprint density at radius 1 is 1.23 bits per heavy atom. The third-order valence-electron chi connectivity index (χ3n) is 9.59. The lowest BCUT2D eigenvalue weighted by molar-refractivity contribution is -0.135. The standard InChI is InChI=1S/C32H39N3O4/c1-4-5-6-24-22-9-8-21-20-11-13-32(28(21)27(22)30(36)38-24)25(10-7-18(2)17-34-3)39-31(37)29(32)23(20)15-19-12-14-35-26(33)16-19/h6,10,12,14,16,18,20-21,28,34H,4-5,7-9,11,13,15,17H2,1-3H3,(H2,33,35)/b24-6-,25-10-/t18-,20-,21-,28+,32-/m0/s1. The Labute approximate surface area is 230 Å². The van der Waals surface area contributed by atoms with Crippen molar-refractivity contribution in [1.29, 1.82) is 0 Å². The molecule has 1 spiro atoms. The molecule has 2 aliphatic heterocycles. The van der Waals surface area contributed by atoms with Crippen LogP contribution in [0.3, 0.4) is 0 Å². The summed E-state index contributed by atoms with van der Waals surface area (Å²) in [5.74, 6) is 2.27. The number of fused-ring (bicyclic) bond motifs is 1. The van der Waals surface area contributed by atoms with E-state index in [9.17, 15) is 9.59 Å². The predicted molar refractivity (Wildman–Crippen MR) is 149 cm³/mol. The maximum absolute atomic E-state index is 13.8. The Bertz CT molecular complexity index is 1340. The van der Waals surface area contributed by atoms with Gasteiger partial charge in [0.25, 0.3) is 0 Å². The minimum absolute atomic E-state index is 0.0985. The first-order chi connectivity index (χ1) is 18.9. The van der Waals surface area contributed by atoms with Gasteiger partial charge in [0.15, 0.2) is 0 Å². The smallest absolute Gasteiger partial charge is 0.340 e. The van der Waals surface area contributed by atoms with Gasteiger partial charge < -0.3 is 20.5 Å². The molecule has 3 N–H and O–H groups in total. The number of carbonyl (C=O) groups is 2. The largest absolute Gasteiger partial charge is 0.427 e. The molecule has 0 amide bonds. The second-order valence-corrected chi connectivity index (χ2v) is 12.0. The van der Waals surface area contributed by atoms with Crippen LogP contribution in [0.5, 0.6) is 0 Å². The van der Waals surface area contributed by atoms with Gasteiger partial charge in [0.05, 0.1) is 11.0 Å². The Kier molecular flexibility index (Phi) is 6.74. The van der Waals surface area contributed by atoms with E-state index in [0.717, 1.165) is 85.3 Å². The SMILES string of the molecule is CCC/C=C1\OC(=O)C2=C1CC[C@H]1[C@@H]3CC[C@@]4(C(=C3Cc3ccnc(N)c3)C(=O)O/C4=C\C[C@H](C)CNC)[C@@H]21. The van der Waals surface area contributed by atoms with E-state index >= 15 is 0 Å².